The van der Waals surface area contributed by atoms with Crippen molar-refractivity contribution in [3.8, 4) is 5.75 Å². The number of carbonyl (C=O) groups excluding carboxylic acids is 1. The van der Waals surface area contributed by atoms with Gasteiger partial charge in [-0.15, -0.1) is 0 Å². The normalized spacial score (nSPS) is 8.53. The summed E-state index contributed by atoms with van der Waals surface area (Å²) in [5.41, 5.74) is 0.920. The van der Waals surface area contributed by atoms with E-state index in [9.17, 15) is 4.79 Å². The van der Waals surface area contributed by atoms with Crippen LogP contribution in [0.15, 0.2) is 18.2 Å². The molecule has 0 atom stereocenters. The minimum Gasteiger partial charge on any atom is -0.496 e. The number of benzene rings is 1. The molecule has 0 heterocycles. The van der Waals surface area contributed by atoms with Crippen LogP contribution in [0.5, 0.6) is 5.75 Å². The van der Waals surface area contributed by atoms with Crippen molar-refractivity contribution in [3.63, 3.8) is 0 Å². The molecule has 0 saturated heterocycles. The fraction of sp³-hybridized carbons (Fsp3) is 0.364. The fourth-order valence-electron chi connectivity index (χ4n) is 0.986. The summed E-state index contributed by atoms with van der Waals surface area (Å²) in [5.74, 6) is -0.0105. The zero-order valence-corrected chi connectivity index (χ0v) is 9.53. The van der Waals surface area contributed by atoms with Crippen molar-refractivity contribution in [1.29, 1.82) is 0 Å². The number of hydrogen-bond acceptors (Lipinski definition) is 3. The molecular formula is C11H15BO3. The van der Waals surface area contributed by atoms with Crippen molar-refractivity contribution in [1.82, 2.24) is 0 Å². The number of esters is 1. The lowest BCUT2D eigenvalue weighted by Crippen LogP contribution is -2.09. The van der Waals surface area contributed by atoms with Crippen LogP contribution >= 0.6 is 0 Å². The second-order valence-corrected chi connectivity index (χ2v) is 2.45. The molecule has 0 unspecified atom stereocenters. The largest absolute Gasteiger partial charge is 0.496 e. The van der Waals surface area contributed by atoms with Crippen LogP contribution in [-0.2, 0) is 4.74 Å². The van der Waals surface area contributed by atoms with Crippen molar-refractivity contribution in [2.45, 2.75) is 13.8 Å². The summed E-state index contributed by atoms with van der Waals surface area (Å²) >= 11 is 0. The molecule has 0 bridgehead atoms. The molecule has 0 N–H and O–H groups in total. The average molecular weight is 206 g/mol. The van der Waals surface area contributed by atoms with E-state index in [-0.39, 0.29) is 0 Å². The quantitative estimate of drug-likeness (QED) is 0.540. The van der Waals surface area contributed by atoms with E-state index in [1.807, 2.05) is 13.8 Å². The lowest BCUT2D eigenvalue weighted by Gasteiger charge is -2.06. The predicted molar refractivity (Wildman–Crippen MR) is 61.1 cm³/mol. The highest BCUT2D eigenvalue weighted by atomic mass is 16.5. The number of methoxy groups -OCH3 is 2. The minimum absolute atomic E-state index is 0.374. The molecule has 1 rings (SSSR count). The number of rotatable bonds is 2. The van der Waals surface area contributed by atoms with Crippen LogP contribution in [0.3, 0.4) is 0 Å². The van der Waals surface area contributed by atoms with Gasteiger partial charge in [-0.05, 0) is 12.1 Å². The fourth-order valence-corrected chi connectivity index (χ4v) is 0.986. The van der Waals surface area contributed by atoms with Crippen LogP contribution < -0.4 is 10.2 Å². The molecule has 0 aliphatic rings. The molecule has 80 valence electrons. The number of carbonyl (C=O) groups is 1. The van der Waals surface area contributed by atoms with Gasteiger partial charge in [0.25, 0.3) is 0 Å². The molecule has 0 aliphatic carbocycles. The third kappa shape index (κ3) is 3.66. The van der Waals surface area contributed by atoms with Gasteiger partial charge in [0.2, 0.25) is 0 Å². The Morgan fingerprint density at radius 1 is 1.27 bits per heavy atom. The van der Waals surface area contributed by atoms with E-state index in [0.717, 1.165) is 0 Å². The zero-order chi connectivity index (χ0) is 11.8. The molecule has 1 aromatic rings. The zero-order valence-electron chi connectivity index (χ0n) is 9.53. The standard InChI is InChI=1S/C9H9BO3.C2H6/c1-12-8-5-6(10)3-4-7(8)9(11)13-2;1-2/h3-5H,1-2H3;1-2H3. The van der Waals surface area contributed by atoms with E-state index >= 15 is 0 Å². The Labute approximate surface area is 91.8 Å². The van der Waals surface area contributed by atoms with Gasteiger partial charge in [0, 0.05) is 0 Å². The molecule has 3 nitrogen and oxygen atoms in total. The molecule has 2 radical (unpaired) electrons. The Morgan fingerprint density at radius 3 is 2.33 bits per heavy atom. The van der Waals surface area contributed by atoms with Gasteiger partial charge in [0.1, 0.15) is 19.2 Å². The molecule has 4 heteroatoms. The Balaban J connectivity index is 0.000000921. The Bertz CT molecular complexity index is 324. The van der Waals surface area contributed by atoms with E-state index in [0.29, 0.717) is 16.8 Å². The summed E-state index contributed by atoms with van der Waals surface area (Å²) in [5, 5.41) is 0. The monoisotopic (exact) mass is 206 g/mol. The highest BCUT2D eigenvalue weighted by molar-refractivity contribution is 6.32. The highest BCUT2D eigenvalue weighted by Crippen LogP contribution is 2.16. The summed E-state index contributed by atoms with van der Waals surface area (Å²) in [6.07, 6.45) is 0. The van der Waals surface area contributed by atoms with E-state index in [2.05, 4.69) is 4.74 Å². The summed E-state index contributed by atoms with van der Waals surface area (Å²) in [4.78, 5) is 11.2. The SMILES string of the molecule is CC.[B]c1ccc(C(=O)OC)c(OC)c1. The molecular weight excluding hydrogens is 191 g/mol. The molecule has 0 aromatic heterocycles. The van der Waals surface area contributed by atoms with Gasteiger partial charge in [0.05, 0.1) is 14.2 Å². The molecule has 0 aliphatic heterocycles. The second kappa shape index (κ2) is 6.93. The first-order valence-electron chi connectivity index (χ1n) is 4.71. The molecule has 1 aromatic carbocycles. The maximum absolute atomic E-state index is 11.2. The van der Waals surface area contributed by atoms with E-state index in [1.165, 1.54) is 14.2 Å². The van der Waals surface area contributed by atoms with E-state index in [1.54, 1.807) is 18.2 Å². The Hall–Kier alpha value is -1.45. The van der Waals surface area contributed by atoms with Crippen molar-refractivity contribution in [2.24, 2.45) is 0 Å². The Morgan fingerprint density at radius 2 is 1.87 bits per heavy atom. The smallest absolute Gasteiger partial charge is 0.341 e. The van der Waals surface area contributed by atoms with Gasteiger partial charge in [-0.1, -0.05) is 25.4 Å². The van der Waals surface area contributed by atoms with Crippen LogP contribution in [0.4, 0.5) is 0 Å². The van der Waals surface area contributed by atoms with Gasteiger partial charge in [-0.3, -0.25) is 0 Å². The van der Waals surface area contributed by atoms with Gasteiger partial charge in [-0.25, -0.2) is 4.79 Å². The Kier molecular flexibility index (Phi) is 6.26. The lowest BCUT2D eigenvalue weighted by atomic mass is 9.94. The molecule has 0 amide bonds. The summed E-state index contributed by atoms with van der Waals surface area (Å²) in [7, 11) is 8.30. The highest BCUT2D eigenvalue weighted by Gasteiger charge is 2.11. The van der Waals surface area contributed by atoms with Gasteiger partial charge < -0.3 is 9.47 Å². The van der Waals surface area contributed by atoms with Gasteiger partial charge >= 0.3 is 5.97 Å². The molecule has 0 saturated carbocycles. The average Bonchev–Trinajstić information content (AvgIpc) is 2.30. The third-order valence-corrected chi connectivity index (χ3v) is 1.63. The van der Waals surface area contributed by atoms with Gasteiger partial charge in [-0.2, -0.15) is 0 Å². The summed E-state index contributed by atoms with van der Waals surface area (Å²) in [6, 6.07) is 4.76. The first-order valence-corrected chi connectivity index (χ1v) is 4.71. The third-order valence-electron chi connectivity index (χ3n) is 1.63. The van der Waals surface area contributed by atoms with Crippen molar-refractivity contribution in [2.75, 3.05) is 14.2 Å². The topological polar surface area (TPSA) is 35.5 Å². The minimum atomic E-state index is -0.433. The maximum atomic E-state index is 11.2. The number of hydrogen-bond donors (Lipinski definition) is 0. The van der Waals surface area contributed by atoms with E-state index < -0.39 is 5.97 Å². The first kappa shape index (κ1) is 13.6. The predicted octanol–water partition coefficient (Wildman–Crippen LogP) is 1.30. The first-order chi connectivity index (χ1) is 7.19. The molecule has 0 fully saturated rings. The molecule has 0 spiro atoms. The number of ether oxygens (including phenoxy) is 2. The van der Waals surface area contributed by atoms with Crippen LogP contribution in [0.2, 0.25) is 0 Å². The molecule has 15 heavy (non-hydrogen) atoms. The van der Waals surface area contributed by atoms with Crippen molar-refractivity contribution >= 4 is 19.3 Å². The van der Waals surface area contributed by atoms with Crippen molar-refractivity contribution < 1.29 is 14.3 Å². The summed E-state index contributed by atoms with van der Waals surface area (Å²) < 4.78 is 9.53. The lowest BCUT2D eigenvalue weighted by molar-refractivity contribution is 0.0597. The van der Waals surface area contributed by atoms with Crippen LogP contribution in [0, 0.1) is 0 Å². The van der Waals surface area contributed by atoms with Crippen LogP contribution in [0.1, 0.15) is 24.2 Å². The summed E-state index contributed by atoms with van der Waals surface area (Å²) in [6.45, 7) is 4.00. The van der Waals surface area contributed by atoms with Gasteiger partial charge in [0.15, 0.2) is 0 Å². The van der Waals surface area contributed by atoms with Crippen LogP contribution in [0.25, 0.3) is 0 Å². The maximum Gasteiger partial charge on any atom is 0.341 e. The van der Waals surface area contributed by atoms with E-state index in [4.69, 9.17) is 12.6 Å². The van der Waals surface area contributed by atoms with Crippen molar-refractivity contribution in [3.05, 3.63) is 23.8 Å². The second-order valence-electron chi connectivity index (χ2n) is 2.45. The van der Waals surface area contributed by atoms with Crippen LogP contribution in [-0.4, -0.2) is 28.0 Å².